The average Bonchev–Trinajstić information content (AvgIpc) is 2.87. The summed E-state index contributed by atoms with van der Waals surface area (Å²) in [6.07, 6.45) is 7.84. The second-order valence-electron chi connectivity index (χ2n) is 3.97. The van der Waals surface area contributed by atoms with Gasteiger partial charge in [0.05, 0.1) is 0 Å². The molecule has 0 aromatic carbocycles. The third-order valence-electron chi connectivity index (χ3n) is 2.67. The van der Waals surface area contributed by atoms with Crippen molar-refractivity contribution in [2.75, 3.05) is 17.6 Å². The Morgan fingerprint density at radius 3 is 3.33 bits per heavy atom. The molecule has 1 atom stereocenters. The number of nitrogens with zero attached hydrogens (tertiary/aromatic N) is 2. The summed E-state index contributed by atoms with van der Waals surface area (Å²) in [4.78, 5) is 4.34. The topological polar surface area (TPSA) is 29.9 Å². The minimum absolute atomic E-state index is 0.793. The maximum atomic E-state index is 4.34. The van der Waals surface area contributed by atoms with Crippen molar-refractivity contribution in [3.8, 4) is 0 Å². The first-order valence-corrected chi connectivity index (χ1v) is 6.81. The summed E-state index contributed by atoms with van der Waals surface area (Å²) >= 11 is 2.10. The molecule has 1 aromatic heterocycles. The summed E-state index contributed by atoms with van der Waals surface area (Å²) in [5.41, 5.74) is 0. The zero-order valence-corrected chi connectivity index (χ0v) is 10.1. The van der Waals surface area contributed by atoms with E-state index < -0.39 is 0 Å². The van der Waals surface area contributed by atoms with Crippen molar-refractivity contribution in [3.63, 3.8) is 0 Å². The van der Waals surface area contributed by atoms with Gasteiger partial charge in [-0.15, -0.1) is 0 Å². The number of anilines is 1. The highest BCUT2D eigenvalue weighted by molar-refractivity contribution is 8.00. The zero-order valence-electron chi connectivity index (χ0n) is 9.28. The van der Waals surface area contributed by atoms with Gasteiger partial charge in [-0.3, -0.25) is 0 Å². The normalized spacial score (nSPS) is 20.7. The maximum Gasteiger partial charge on any atom is 0.202 e. The fraction of sp³-hybridized carbons (Fsp3) is 0.727. The van der Waals surface area contributed by atoms with Crippen LogP contribution in [0.1, 0.15) is 26.2 Å². The van der Waals surface area contributed by atoms with Crippen molar-refractivity contribution in [2.24, 2.45) is 0 Å². The van der Waals surface area contributed by atoms with Crippen LogP contribution in [0.2, 0.25) is 0 Å². The minimum atomic E-state index is 0.793. The molecule has 2 rings (SSSR count). The van der Waals surface area contributed by atoms with Crippen LogP contribution < -0.4 is 5.32 Å². The van der Waals surface area contributed by atoms with Crippen LogP contribution in [0.15, 0.2) is 12.4 Å². The molecule has 0 radical (unpaired) electrons. The number of rotatable bonds is 5. The number of thioether (sulfide) groups is 1. The summed E-state index contributed by atoms with van der Waals surface area (Å²) in [5.74, 6) is 2.36. The predicted octanol–water partition coefficient (Wildman–Crippen LogP) is 2.60. The van der Waals surface area contributed by atoms with Crippen LogP contribution in [-0.2, 0) is 6.54 Å². The molecule has 1 aliphatic rings. The molecular weight excluding hydrogens is 206 g/mol. The van der Waals surface area contributed by atoms with Gasteiger partial charge in [0.2, 0.25) is 5.95 Å². The van der Waals surface area contributed by atoms with Crippen molar-refractivity contribution in [3.05, 3.63) is 12.4 Å². The SMILES string of the molecule is CCCNc1nccn1CC1CCCS1. The van der Waals surface area contributed by atoms with Crippen LogP contribution in [0.5, 0.6) is 0 Å². The average molecular weight is 225 g/mol. The van der Waals surface area contributed by atoms with E-state index in [-0.39, 0.29) is 0 Å². The van der Waals surface area contributed by atoms with Gasteiger partial charge in [0, 0.05) is 30.7 Å². The van der Waals surface area contributed by atoms with Gasteiger partial charge < -0.3 is 9.88 Å². The number of hydrogen-bond acceptors (Lipinski definition) is 3. The van der Waals surface area contributed by atoms with Crippen LogP contribution in [-0.4, -0.2) is 27.1 Å². The molecule has 0 bridgehead atoms. The molecule has 1 N–H and O–H groups in total. The molecule has 0 aliphatic carbocycles. The van der Waals surface area contributed by atoms with Gasteiger partial charge in [0.15, 0.2) is 0 Å². The van der Waals surface area contributed by atoms with Crippen LogP contribution in [0, 0.1) is 0 Å². The molecule has 3 nitrogen and oxygen atoms in total. The van der Waals surface area contributed by atoms with E-state index in [1.165, 1.54) is 18.6 Å². The second kappa shape index (κ2) is 5.45. The molecule has 84 valence electrons. The van der Waals surface area contributed by atoms with E-state index in [2.05, 4.69) is 39.8 Å². The predicted molar refractivity (Wildman–Crippen MR) is 66.5 cm³/mol. The lowest BCUT2D eigenvalue weighted by Crippen LogP contribution is -2.13. The molecule has 0 saturated carbocycles. The standard InChI is InChI=1S/C11H19N3S/c1-2-5-12-11-13-6-7-14(11)9-10-4-3-8-15-10/h6-7,10H,2-5,8-9H2,1H3,(H,12,13). The van der Waals surface area contributed by atoms with Gasteiger partial charge in [0.25, 0.3) is 0 Å². The van der Waals surface area contributed by atoms with E-state index in [0.29, 0.717) is 0 Å². The summed E-state index contributed by atoms with van der Waals surface area (Å²) in [6.45, 7) is 4.29. The zero-order chi connectivity index (χ0) is 10.5. The molecule has 0 spiro atoms. The molecule has 1 aromatic rings. The second-order valence-corrected chi connectivity index (χ2v) is 5.37. The van der Waals surface area contributed by atoms with Crippen molar-refractivity contribution in [1.29, 1.82) is 0 Å². The lowest BCUT2D eigenvalue weighted by Gasteiger charge is -2.12. The first kappa shape index (κ1) is 10.9. The molecule has 15 heavy (non-hydrogen) atoms. The Morgan fingerprint density at radius 1 is 1.67 bits per heavy atom. The number of aromatic nitrogens is 2. The van der Waals surface area contributed by atoms with E-state index in [4.69, 9.17) is 0 Å². The Bertz CT molecular complexity index is 292. The van der Waals surface area contributed by atoms with Gasteiger partial charge in [-0.1, -0.05) is 6.92 Å². The third-order valence-corrected chi connectivity index (χ3v) is 4.05. The largest absolute Gasteiger partial charge is 0.356 e. The Labute approximate surface area is 95.7 Å². The van der Waals surface area contributed by atoms with Crippen molar-refractivity contribution >= 4 is 17.7 Å². The van der Waals surface area contributed by atoms with Gasteiger partial charge in [-0.25, -0.2) is 4.98 Å². The fourth-order valence-electron chi connectivity index (χ4n) is 1.87. The first-order valence-electron chi connectivity index (χ1n) is 5.76. The smallest absolute Gasteiger partial charge is 0.202 e. The maximum absolute atomic E-state index is 4.34. The van der Waals surface area contributed by atoms with Crippen LogP contribution >= 0.6 is 11.8 Å². The molecule has 2 heterocycles. The number of hydrogen-bond donors (Lipinski definition) is 1. The van der Waals surface area contributed by atoms with E-state index >= 15 is 0 Å². The van der Waals surface area contributed by atoms with Crippen LogP contribution in [0.4, 0.5) is 5.95 Å². The molecule has 4 heteroatoms. The molecule has 1 unspecified atom stereocenters. The Hall–Kier alpha value is -0.640. The Morgan fingerprint density at radius 2 is 2.60 bits per heavy atom. The van der Waals surface area contributed by atoms with Gasteiger partial charge in [0.1, 0.15) is 0 Å². The number of imidazole rings is 1. The van der Waals surface area contributed by atoms with Crippen molar-refractivity contribution in [1.82, 2.24) is 9.55 Å². The van der Waals surface area contributed by atoms with Gasteiger partial charge in [-0.2, -0.15) is 11.8 Å². The summed E-state index contributed by atoms with van der Waals surface area (Å²) in [5, 5.41) is 4.15. The molecule has 1 aliphatic heterocycles. The van der Waals surface area contributed by atoms with Crippen LogP contribution in [0.25, 0.3) is 0 Å². The lowest BCUT2D eigenvalue weighted by molar-refractivity contribution is 0.641. The van der Waals surface area contributed by atoms with Crippen LogP contribution in [0.3, 0.4) is 0 Å². The Balaban J connectivity index is 1.91. The summed E-state index contributed by atoms with van der Waals surface area (Å²) < 4.78 is 2.25. The first-order chi connectivity index (χ1) is 7.40. The summed E-state index contributed by atoms with van der Waals surface area (Å²) in [7, 11) is 0. The summed E-state index contributed by atoms with van der Waals surface area (Å²) in [6, 6.07) is 0. The molecule has 1 fully saturated rings. The van der Waals surface area contributed by atoms with E-state index in [0.717, 1.165) is 30.7 Å². The highest BCUT2D eigenvalue weighted by atomic mass is 32.2. The van der Waals surface area contributed by atoms with E-state index in [1.807, 2.05) is 6.20 Å². The molecular formula is C11H19N3S. The quantitative estimate of drug-likeness (QED) is 0.835. The Kier molecular flexibility index (Phi) is 3.94. The molecule has 1 saturated heterocycles. The van der Waals surface area contributed by atoms with Gasteiger partial charge in [-0.05, 0) is 25.0 Å². The number of nitrogens with one attached hydrogen (secondary N) is 1. The van der Waals surface area contributed by atoms with Crippen molar-refractivity contribution < 1.29 is 0 Å². The van der Waals surface area contributed by atoms with Crippen molar-refractivity contribution in [2.45, 2.75) is 38.0 Å². The highest BCUT2D eigenvalue weighted by Gasteiger charge is 2.16. The molecule has 0 amide bonds. The van der Waals surface area contributed by atoms with E-state index in [9.17, 15) is 0 Å². The third kappa shape index (κ3) is 2.91. The van der Waals surface area contributed by atoms with E-state index in [1.54, 1.807) is 0 Å². The fourth-order valence-corrected chi connectivity index (χ4v) is 3.13. The highest BCUT2D eigenvalue weighted by Crippen LogP contribution is 2.28. The lowest BCUT2D eigenvalue weighted by atomic mass is 10.2. The van der Waals surface area contributed by atoms with Gasteiger partial charge >= 0.3 is 0 Å². The minimum Gasteiger partial charge on any atom is -0.356 e. The monoisotopic (exact) mass is 225 g/mol.